The third-order valence-electron chi connectivity index (χ3n) is 2.55. The number of carbonyl (C=O) groups is 1. The number of alkyl halides is 3. The molecule has 0 radical (unpaired) electrons. The topological polar surface area (TPSA) is 75.1 Å². The van der Waals surface area contributed by atoms with Crippen molar-refractivity contribution < 1.29 is 23.1 Å². The van der Waals surface area contributed by atoms with E-state index in [1.165, 1.54) is 30.5 Å². The van der Waals surface area contributed by atoms with E-state index in [1.54, 1.807) is 0 Å². The SMILES string of the molecule is O=C(O)c1ccnc(CNc2cccc(C(F)(F)F)n2)c1. The van der Waals surface area contributed by atoms with E-state index in [1.807, 2.05) is 0 Å². The number of aromatic nitrogens is 2. The van der Waals surface area contributed by atoms with Crippen LogP contribution in [0.3, 0.4) is 0 Å². The van der Waals surface area contributed by atoms with Crippen molar-refractivity contribution in [1.82, 2.24) is 9.97 Å². The van der Waals surface area contributed by atoms with Crippen molar-refractivity contribution in [3.8, 4) is 0 Å². The van der Waals surface area contributed by atoms with E-state index in [4.69, 9.17) is 5.11 Å². The van der Waals surface area contributed by atoms with Crippen LogP contribution < -0.4 is 5.32 Å². The lowest BCUT2D eigenvalue weighted by Gasteiger charge is -2.09. The van der Waals surface area contributed by atoms with Gasteiger partial charge in [-0.25, -0.2) is 9.78 Å². The Kier molecular flexibility index (Phi) is 4.06. The number of hydrogen-bond acceptors (Lipinski definition) is 4. The molecule has 110 valence electrons. The van der Waals surface area contributed by atoms with Crippen molar-refractivity contribution in [3.05, 3.63) is 53.5 Å². The first-order valence-electron chi connectivity index (χ1n) is 5.82. The van der Waals surface area contributed by atoms with E-state index in [2.05, 4.69) is 15.3 Å². The summed E-state index contributed by atoms with van der Waals surface area (Å²) in [5.41, 5.74) is -0.562. The minimum absolute atomic E-state index is 0.0346. The molecule has 0 atom stereocenters. The Balaban J connectivity index is 2.10. The van der Waals surface area contributed by atoms with Gasteiger partial charge < -0.3 is 10.4 Å². The van der Waals surface area contributed by atoms with Gasteiger partial charge in [0.05, 0.1) is 17.8 Å². The second-order valence-corrected chi connectivity index (χ2v) is 4.10. The molecule has 0 saturated heterocycles. The van der Waals surface area contributed by atoms with E-state index >= 15 is 0 Å². The maximum Gasteiger partial charge on any atom is 0.433 e. The number of carboxylic acids is 1. The van der Waals surface area contributed by atoms with Gasteiger partial charge in [-0.1, -0.05) is 6.07 Å². The number of aromatic carboxylic acids is 1. The van der Waals surface area contributed by atoms with Crippen molar-refractivity contribution >= 4 is 11.8 Å². The van der Waals surface area contributed by atoms with E-state index in [0.29, 0.717) is 5.69 Å². The Morgan fingerprint density at radius 3 is 2.71 bits per heavy atom. The Labute approximate surface area is 117 Å². The zero-order valence-electron chi connectivity index (χ0n) is 10.6. The van der Waals surface area contributed by atoms with Crippen LogP contribution in [0.25, 0.3) is 0 Å². The number of pyridine rings is 2. The van der Waals surface area contributed by atoms with E-state index in [-0.39, 0.29) is 17.9 Å². The van der Waals surface area contributed by atoms with Crippen LogP contribution in [0, 0.1) is 0 Å². The zero-order chi connectivity index (χ0) is 15.5. The average Bonchev–Trinajstić information content (AvgIpc) is 2.45. The van der Waals surface area contributed by atoms with Crippen LogP contribution in [-0.4, -0.2) is 21.0 Å². The van der Waals surface area contributed by atoms with Crippen LogP contribution in [0.2, 0.25) is 0 Å². The van der Waals surface area contributed by atoms with Crippen LogP contribution in [0.4, 0.5) is 19.0 Å². The molecular formula is C13H10F3N3O2. The highest BCUT2D eigenvalue weighted by Crippen LogP contribution is 2.28. The molecule has 5 nitrogen and oxygen atoms in total. The average molecular weight is 297 g/mol. The molecule has 2 aromatic heterocycles. The van der Waals surface area contributed by atoms with Gasteiger partial charge in [-0.3, -0.25) is 4.98 Å². The van der Waals surface area contributed by atoms with Crippen LogP contribution in [0.1, 0.15) is 21.7 Å². The van der Waals surface area contributed by atoms with Gasteiger partial charge in [-0.05, 0) is 24.3 Å². The number of carboxylic acid groups (broad SMARTS) is 1. The molecule has 0 bridgehead atoms. The molecule has 0 aliphatic rings. The number of nitrogens with one attached hydrogen (secondary N) is 1. The van der Waals surface area contributed by atoms with Gasteiger partial charge in [0.2, 0.25) is 0 Å². The number of anilines is 1. The summed E-state index contributed by atoms with van der Waals surface area (Å²) in [5.74, 6) is -1.07. The fourth-order valence-corrected chi connectivity index (χ4v) is 1.58. The third kappa shape index (κ3) is 3.91. The smallest absolute Gasteiger partial charge is 0.433 e. The fourth-order valence-electron chi connectivity index (χ4n) is 1.58. The van der Waals surface area contributed by atoms with Crippen molar-refractivity contribution in [3.63, 3.8) is 0 Å². The monoisotopic (exact) mass is 297 g/mol. The molecule has 0 unspecified atom stereocenters. The standard InChI is InChI=1S/C13H10F3N3O2/c14-13(15,16)10-2-1-3-11(19-10)18-7-9-6-8(12(20)21)4-5-17-9/h1-6H,7H2,(H,18,19)(H,20,21). The maximum absolute atomic E-state index is 12.5. The molecular weight excluding hydrogens is 287 g/mol. The van der Waals surface area contributed by atoms with Gasteiger partial charge >= 0.3 is 12.1 Å². The second-order valence-electron chi connectivity index (χ2n) is 4.10. The second kappa shape index (κ2) is 5.78. The van der Waals surface area contributed by atoms with Crippen LogP contribution in [0.5, 0.6) is 0 Å². The van der Waals surface area contributed by atoms with Gasteiger partial charge in [0, 0.05) is 6.20 Å². The lowest BCUT2D eigenvalue weighted by atomic mass is 10.2. The van der Waals surface area contributed by atoms with Gasteiger partial charge in [0.1, 0.15) is 11.5 Å². The number of rotatable bonds is 4. The summed E-state index contributed by atoms with van der Waals surface area (Å²) in [7, 11) is 0. The highest BCUT2D eigenvalue weighted by molar-refractivity contribution is 5.87. The number of nitrogens with zero attached hydrogens (tertiary/aromatic N) is 2. The molecule has 0 amide bonds. The number of halogens is 3. The summed E-state index contributed by atoms with van der Waals surface area (Å²) >= 11 is 0. The third-order valence-corrected chi connectivity index (χ3v) is 2.55. The molecule has 0 aromatic carbocycles. The molecule has 2 rings (SSSR count). The molecule has 0 aliphatic heterocycles. The first kappa shape index (κ1) is 14.8. The molecule has 0 spiro atoms. The van der Waals surface area contributed by atoms with Gasteiger partial charge in [-0.2, -0.15) is 13.2 Å². The molecule has 2 aromatic rings. The summed E-state index contributed by atoms with van der Waals surface area (Å²) in [6, 6.07) is 6.15. The fraction of sp³-hybridized carbons (Fsp3) is 0.154. The van der Waals surface area contributed by atoms with Crippen LogP contribution >= 0.6 is 0 Å². The van der Waals surface area contributed by atoms with Crippen molar-refractivity contribution in [1.29, 1.82) is 0 Å². The van der Waals surface area contributed by atoms with Gasteiger partial charge in [0.15, 0.2) is 0 Å². The maximum atomic E-state index is 12.5. The summed E-state index contributed by atoms with van der Waals surface area (Å²) in [6.45, 7) is 0.0649. The Morgan fingerprint density at radius 2 is 2.05 bits per heavy atom. The Hall–Kier alpha value is -2.64. The van der Waals surface area contributed by atoms with E-state index in [9.17, 15) is 18.0 Å². The van der Waals surface area contributed by atoms with Crippen molar-refractivity contribution in [2.75, 3.05) is 5.32 Å². The lowest BCUT2D eigenvalue weighted by Crippen LogP contribution is -2.10. The summed E-state index contributed by atoms with van der Waals surface area (Å²) < 4.78 is 37.5. The minimum Gasteiger partial charge on any atom is -0.478 e. The molecule has 0 saturated carbocycles. The molecule has 2 N–H and O–H groups in total. The molecule has 8 heteroatoms. The quantitative estimate of drug-likeness (QED) is 0.907. The van der Waals surface area contributed by atoms with Crippen molar-refractivity contribution in [2.45, 2.75) is 12.7 Å². The summed E-state index contributed by atoms with van der Waals surface area (Å²) in [4.78, 5) is 18.2. The van der Waals surface area contributed by atoms with E-state index in [0.717, 1.165) is 6.07 Å². The van der Waals surface area contributed by atoms with Crippen LogP contribution in [0.15, 0.2) is 36.5 Å². The lowest BCUT2D eigenvalue weighted by molar-refractivity contribution is -0.141. The zero-order valence-corrected chi connectivity index (χ0v) is 10.6. The first-order chi connectivity index (χ1) is 9.86. The molecule has 2 heterocycles. The minimum atomic E-state index is -4.51. The predicted octanol–water partition coefficient (Wildman–Crippen LogP) is 2.81. The van der Waals surface area contributed by atoms with Gasteiger partial charge in [-0.15, -0.1) is 0 Å². The predicted molar refractivity (Wildman–Crippen MR) is 67.8 cm³/mol. The van der Waals surface area contributed by atoms with Gasteiger partial charge in [0.25, 0.3) is 0 Å². The Morgan fingerprint density at radius 1 is 1.29 bits per heavy atom. The molecule has 0 fully saturated rings. The molecule has 21 heavy (non-hydrogen) atoms. The molecule has 0 aliphatic carbocycles. The summed E-state index contributed by atoms with van der Waals surface area (Å²) in [5, 5.41) is 11.5. The normalized spacial score (nSPS) is 11.2. The van der Waals surface area contributed by atoms with E-state index < -0.39 is 17.8 Å². The highest BCUT2D eigenvalue weighted by atomic mass is 19.4. The first-order valence-corrected chi connectivity index (χ1v) is 5.82. The van der Waals surface area contributed by atoms with Crippen LogP contribution in [-0.2, 0) is 12.7 Å². The largest absolute Gasteiger partial charge is 0.478 e. The number of hydrogen-bond donors (Lipinski definition) is 2. The highest BCUT2D eigenvalue weighted by Gasteiger charge is 2.32. The Bertz CT molecular complexity index is 659. The summed E-state index contributed by atoms with van der Waals surface area (Å²) in [6.07, 6.45) is -3.20. The van der Waals surface area contributed by atoms with Crippen molar-refractivity contribution in [2.24, 2.45) is 0 Å².